The summed E-state index contributed by atoms with van der Waals surface area (Å²) in [6, 6.07) is 0.451. The van der Waals surface area contributed by atoms with Gasteiger partial charge in [-0.25, -0.2) is 15.0 Å². The molecule has 1 saturated heterocycles. The summed E-state index contributed by atoms with van der Waals surface area (Å²) in [6.07, 6.45) is 5.27. The molecule has 152 valence electrons. The quantitative estimate of drug-likeness (QED) is 0.668. The average Bonchev–Trinajstić information content (AvgIpc) is 3.46. The molecule has 0 aromatic carbocycles. The zero-order valence-corrected chi connectivity index (χ0v) is 16.8. The molecule has 0 spiro atoms. The van der Waals surface area contributed by atoms with Gasteiger partial charge in [0, 0.05) is 11.8 Å². The molecule has 3 heterocycles. The van der Waals surface area contributed by atoms with Crippen LogP contribution in [0, 0.1) is 11.8 Å². The Kier molecular flexibility index (Phi) is 4.94. The lowest BCUT2D eigenvalue weighted by atomic mass is 9.95. The number of nitrogens with zero attached hydrogens (tertiary/aromatic N) is 4. The maximum absolute atomic E-state index is 10.5. The summed E-state index contributed by atoms with van der Waals surface area (Å²) < 4.78 is 7.69. The first-order chi connectivity index (χ1) is 13.7. The van der Waals surface area contributed by atoms with E-state index in [1.165, 1.54) is 32.0 Å². The lowest BCUT2D eigenvalue weighted by Crippen LogP contribution is -2.32. The molecule has 2 bridgehead atoms. The fourth-order valence-corrected chi connectivity index (χ4v) is 5.82. The van der Waals surface area contributed by atoms with Crippen molar-refractivity contribution < 1.29 is 14.9 Å². The van der Waals surface area contributed by atoms with Crippen molar-refractivity contribution in [2.24, 2.45) is 11.8 Å². The number of aliphatic hydroxyl groups is 2. The molecule has 9 heteroatoms. The molecule has 5 rings (SSSR count). The topological polar surface area (TPSA) is 105 Å². The molecule has 2 aromatic rings. The minimum Gasteiger partial charge on any atom is -0.387 e. The van der Waals surface area contributed by atoms with Gasteiger partial charge in [0.05, 0.1) is 12.4 Å². The van der Waals surface area contributed by atoms with Crippen molar-refractivity contribution in [3.63, 3.8) is 0 Å². The van der Waals surface area contributed by atoms with Crippen LogP contribution < -0.4 is 5.32 Å². The van der Waals surface area contributed by atoms with Crippen LogP contribution in [0.1, 0.15) is 38.8 Å². The van der Waals surface area contributed by atoms with Gasteiger partial charge in [-0.15, -0.1) is 0 Å². The third-order valence-electron chi connectivity index (χ3n) is 6.52. The first-order valence-corrected chi connectivity index (χ1v) is 11.3. The SMILES string of the molecule is CCSC[C@H]1O[C@@H](n2cnc3c(N[C@H]4C[C@H]5CC[C@H]4C5)ncnc32)[C@H](O)[C@@H]1O. The zero-order chi connectivity index (χ0) is 19.3. The summed E-state index contributed by atoms with van der Waals surface area (Å²) in [5.41, 5.74) is 1.29. The Morgan fingerprint density at radius 2 is 2.11 bits per heavy atom. The van der Waals surface area contributed by atoms with E-state index in [1.807, 2.05) is 0 Å². The first-order valence-electron chi connectivity index (χ1n) is 10.2. The molecular weight excluding hydrogens is 378 g/mol. The van der Waals surface area contributed by atoms with E-state index in [-0.39, 0.29) is 0 Å². The highest BCUT2D eigenvalue weighted by molar-refractivity contribution is 7.99. The monoisotopic (exact) mass is 405 g/mol. The van der Waals surface area contributed by atoms with Crippen molar-refractivity contribution in [3.8, 4) is 0 Å². The second-order valence-corrected chi connectivity index (χ2v) is 9.50. The lowest BCUT2D eigenvalue weighted by molar-refractivity contribution is -0.0288. The summed E-state index contributed by atoms with van der Waals surface area (Å²) in [4.78, 5) is 13.3. The highest BCUT2D eigenvalue weighted by Gasteiger charge is 2.44. The molecule has 3 aliphatic rings. The van der Waals surface area contributed by atoms with Crippen LogP contribution in [-0.4, -0.2) is 65.6 Å². The van der Waals surface area contributed by atoms with E-state index in [9.17, 15) is 10.2 Å². The normalized spacial score (nSPS) is 37.2. The molecule has 1 aliphatic heterocycles. The zero-order valence-electron chi connectivity index (χ0n) is 15.9. The Labute approximate surface area is 168 Å². The summed E-state index contributed by atoms with van der Waals surface area (Å²) in [7, 11) is 0. The van der Waals surface area contributed by atoms with Gasteiger partial charge in [-0.2, -0.15) is 11.8 Å². The second-order valence-electron chi connectivity index (χ2n) is 8.18. The first kappa shape index (κ1) is 18.6. The van der Waals surface area contributed by atoms with E-state index < -0.39 is 24.5 Å². The number of fused-ring (bicyclic) bond motifs is 3. The number of hydrogen-bond donors (Lipinski definition) is 3. The van der Waals surface area contributed by atoms with Crippen molar-refractivity contribution >= 4 is 28.7 Å². The summed E-state index contributed by atoms with van der Waals surface area (Å²) in [5, 5.41) is 24.5. The van der Waals surface area contributed by atoms with Gasteiger partial charge >= 0.3 is 0 Å². The average molecular weight is 406 g/mol. The number of ether oxygens (including phenoxy) is 1. The Balaban J connectivity index is 1.39. The van der Waals surface area contributed by atoms with Crippen LogP contribution in [0.5, 0.6) is 0 Å². The Bertz CT molecular complexity index is 848. The van der Waals surface area contributed by atoms with E-state index in [1.54, 1.807) is 22.7 Å². The van der Waals surface area contributed by atoms with Crippen molar-refractivity contribution in [2.45, 2.75) is 63.2 Å². The number of thioether (sulfide) groups is 1. The molecule has 7 atom stereocenters. The third-order valence-corrected chi connectivity index (χ3v) is 7.49. The minimum absolute atomic E-state index is 0.407. The van der Waals surface area contributed by atoms with Gasteiger partial charge in [-0.3, -0.25) is 4.57 Å². The summed E-state index contributed by atoms with van der Waals surface area (Å²) >= 11 is 1.68. The van der Waals surface area contributed by atoms with Crippen LogP contribution in [-0.2, 0) is 4.74 Å². The number of imidazole rings is 1. The predicted octanol–water partition coefficient (Wildman–Crippen LogP) is 1.80. The Morgan fingerprint density at radius 3 is 2.86 bits per heavy atom. The Hall–Kier alpha value is -1.42. The summed E-state index contributed by atoms with van der Waals surface area (Å²) in [5.74, 6) is 3.89. The molecule has 0 unspecified atom stereocenters. The number of nitrogens with one attached hydrogen (secondary N) is 1. The maximum atomic E-state index is 10.5. The van der Waals surface area contributed by atoms with Crippen LogP contribution in [0.25, 0.3) is 11.2 Å². The molecular formula is C19H27N5O3S. The lowest BCUT2D eigenvalue weighted by Gasteiger charge is -2.23. The highest BCUT2D eigenvalue weighted by Crippen LogP contribution is 2.45. The largest absolute Gasteiger partial charge is 0.387 e. The molecule has 28 heavy (non-hydrogen) atoms. The molecule has 8 nitrogen and oxygen atoms in total. The van der Waals surface area contributed by atoms with Gasteiger partial charge in [-0.05, 0) is 36.9 Å². The smallest absolute Gasteiger partial charge is 0.167 e. The van der Waals surface area contributed by atoms with Crippen LogP contribution in [0.4, 0.5) is 5.82 Å². The molecule has 2 saturated carbocycles. The van der Waals surface area contributed by atoms with E-state index in [0.29, 0.717) is 23.0 Å². The van der Waals surface area contributed by atoms with Gasteiger partial charge in [0.1, 0.15) is 18.5 Å². The highest BCUT2D eigenvalue weighted by atomic mass is 32.2. The molecule has 0 radical (unpaired) electrons. The van der Waals surface area contributed by atoms with Crippen LogP contribution in [0.3, 0.4) is 0 Å². The van der Waals surface area contributed by atoms with Gasteiger partial charge in [0.15, 0.2) is 23.2 Å². The third kappa shape index (κ3) is 3.08. The fourth-order valence-electron chi connectivity index (χ4n) is 5.07. The number of hydrogen-bond acceptors (Lipinski definition) is 8. The molecule has 0 amide bonds. The van der Waals surface area contributed by atoms with Crippen molar-refractivity contribution in [1.29, 1.82) is 0 Å². The van der Waals surface area contributed by atoms with Gasteiger partial charge in [0.2, 0.25) is 0 Å². The van der Waals surface area contributed by atoms with Gasteiger partial charge in [-0.1, -0.05) is 13.3 Å². The number of rotatable bonds is 6. The van der Waals surface area contributed by atoms with Crippen molar-refractivity contribution in [3.05, 3.63) is 12.7 Å². The van der Waals surface area contributed by atoms with Crippen molar-refractivity contribution in [1.82, 2.24) is 19.5 Å². The van der Waals surface area contributed by atoms with Crippen LogP contribution in [0.15, 0.2) is 12.7 Å². The molecule has 3 N–H and O–H groups in total. The van der Waals surface area contributed by atoms with E-state index >= 15 is 0 Å². The van der Waals surface area contributed by atoms with Gasteiger partial charge in [0.25, 0.3) is 0 Å². The molecule has 2 aromatic heterocycles. The number of aliphatic hydroxyl groups excluding tert-OH is 2. The Morgan fingerprint density at radius 1 is 1.21 bits per heavy atom. The van der Waals surface area contributed by atoms with E-state index in [4.69, 9.17) is 4.74 Å². The van der Waals surface area contributed by atoms with Crippen LogP contribution >= 0.6 is 11.8 Å². The maximum Gasteiger partial charge on any atom is 0.167 e. The predicted molar refractivity (Wildman–Crippen MR) is 107 cm³/mol. The second kappa shape index (κ2) is 7.44. The van der Waals surface area contributed by atoms with Crippen molar-refractivity contribution in [2.75, 3.05) is 16.8 Å². The van der Waals surface area contributed by atoms with Gasteiger partial charge < -0.3 is 20.3 Å². The molecule has 3 fully saturated rings. The van der Waals surface area contributed by atoms with E-state index in [0.717, 1.165) is 23.4 Å². The number of anilines is 1. The van der Waals surface area contributed by atoms with Crippen LogP contribution in [0.2, 0.25) is 0 Å². The fraction of sp³-hybridized carbons (Fsp3) is 0.737. The standard InChI is InChI=1S/C19H27N5O3S/c1-2-28-7-13-15(25)16(26)19(27-13)24-9-22-14-17(20-8-21-18(14)24)23-12-6-10-3-4-11(12)5-10/h8-13,15-16,19,25-26H,2-7H2,1H3,(H,20,21,23)/t10-,11-,12-,13+,15+,16+,19+/m0/s1. The van der Waals surface area contributed by atoms with E-state index in [2.05, 4.69) is 27.2 Å². The summed E-state index contributed by atoms with van der Waals surface area (Å²) in [6.45, 7) is 2.06. The minimum atomic E-state index is -1.02. The number of aromatic nitrogens is 4. The molecule has 2 aliphatic carbocycles.